The second-order valence-electron chi connectivity index (χ2n) is 5.58. The Bertz CT molecular complexity index is 415. The minimum Gasteiger partial charge on any atom is -0.382 e. The minimum atomic E-state index is 0.196. The second-order valence-corrected chi connectivity index (χ2v) is 6.50. The molecule has 1 atom stereocenters. The lowest BCUT2D eigenvalue weighted by molar-refractivity contribution is -0.0767. The number of benzene rings is 1. The fourth-order valence-electron chi connectivity index (χ4n) is 3.33. The lowest BCUT2D eigenvalue weighted by Crippen LogP contribution is -2.42. The molecule has 0 amide bonds. The van der Waals surface area contributed by atoms with Crippen LogP contribution in [0, 0.1) is 0 Å². The summed E-state index contributed by atoms with van der Waals surface area (Å²) in [6.45, 7) is 0.908. The summed E-state index contributed by atoms with van der Waals surface area (Å²) < 4.78 is 7.20. The Kier molecular flexibility index (Phi) is 3.62. The van der Waals surface area contributed by atoms with Gasteiger partial charge in [-0.05, 0) is 43.9 Å². The molecule has 1 aromatic carbocycles. The van der Waals surface area contributed by atoms with Gasteiger partial charge in [-0.15, -0.1) is 0 Å². The highest BCUT2D eigenvalue weighted by Crippen LogP contribution is 2.40. The monoisotopic (exact) mass is 309 g/mol. The molecule has 2 fully saturated rings. The number of rotatable bonds is 2. The van der Waals surface area contributed by atoms with Gasteiger partial charge in [0.2, 0.25) is 0 Å². The molecule has 2 nitrogen and oxygen atoms in total. The Labute approximate surface area is 117 Å². The molecule has 1 saturated carbocycles. The molecule has 0 bridgehead atoms. The van der Waals surface area contributed by atoms with Crippen LogP contribution in [-0.2, 0) is 4.74 Å². The molecule has 3 heteroatoms. The molecule has 1 N–H and O–H groups in total. The van der Waals surface area contributed by atoms with Crippen molar-refractivity contribution >= 4 is 21.6 Å². The van der Waals surface area contributed by atoms with E-state index in [0.717, 1.165) is 17.5 Å². The van der Waals surface area contributed by atoms with E-state index in [-0.39, 0.29) is 5.60 Å². The van der Waals surface area contributed by atoms with Crippen LogP contribution in [0.25, 0.3) is 0 Å². The SMILES string of the molecule is Brc1cccc(NC2CCOC3(CCCC3)C2)c1. The number of anilines is 1. The van der Waals surface area contributed by atoms with Crippen LogP contribution < -0.4 is 5.32 Å². The summed E-state index contributed by atoms with van der Waals surface area (Å²) in [5, 5.41) is 3.66. The molecule has 0 aromatic heterocycles. The first-order valence-corrected chi connectivity index (χ1v) is 7.71. The van der Waals surface area contributed by atoms with Gasteiger partial charge in [0, 0.05) is 22.8 Å². The summed E-state index contributed by atoms with van der Waals surface area (Å²) in [5.74, 6) is 0. The Balaban J connectivity index is 1.66. The summed E-state index contributed by atoms with van der Waals surface area (Å²) in [5.41, 5.74) is 1.41. The van der Waals surface area contributed by atoms with Gasteiger partial charge >= 0.3 is 0 Å². The fraction of sp³-hybridized carbons (Fsp3) is 0.600. The molecule has 1 aromatic rings. The maximum absolute atomic E-state index is 6.07. The van der Waals surface area contributed by atoms with E-state index in [1.165, 1.54) is 37.8 Å². The zero-order valence-electron chi connectivity index (χ0n) is 10.6. The summed E-state index contributed by atoms with van der Waals surface area (Å²) in [6.07, 6.45) is 7.47. The molecule has 1 spiro atoms. The third-order valence-corrected chi connectivity index (χ3v) is 4.70. The van der Waals surface area contributed by atoms with Crippen LogP contribution in [0.15, 0.2) is 28.7 Å². The number of halogens is 1. The van der Waals surface area contributed by atoms with Crippen LogP contribution in [0.1, 0.15) is 38.5 Å². The molecule has 18 heavy (non-hydrogen) atoms. The zero-order valence-corrected chi connectivity index (χ0v) is 12.2. The maximum atomic E-state index is 6.07. The highest BCUT2D eigenvalue weighted by molar-refractivity contribution is 9.10. The Morgan fingerprint density at radius 2 is 2.11 bits per heavy atom. The maximum Gasteiger partial charge on any atom is 0.0702 e. The molecular formula is C15H20BrNO. The van der Waals surface area contributed by atoms with Crippen LogP contribution in [0.2, 0.25) is 0 Å². The van der Waals surface area contributed by atoms with Gasteiger partial charge in [-0.1, -0.05) is 34.8 Å². The average Bonchev–Trinajstić information content (AvgIpc) is 2.77. The van der Waals surface area contributed by atoms with Crippen LogP contribution in [-0.4, -0.2) is 18.2 Å². The minimum absolute atomic E-state index is 0.196. The van der Waals surface area contributed by atoms with Crippen LogP contribution >= 0.6 is 15.9 Å². The van der Waals surface area contributed by atoms with E-state index < -0.39 is 0 Å². The number of hydrogen-bond acceptors (Lipinski definition) is 2. The van der Waals surface area contributed by atoms with Gasteiger partial charge in [0.15, 0.2) is 0 Å². The lowest BCUT2D eigenvalue weighted by atomic mass is 9.89. The van der Waals surface area contributed by atoms with E-state index in [2.05, 4.69) is 45.5 Å². The summed E-state index contributed by atoms with van der Waals surface area (Å²) >= 11 is 3.52. The van der Waals surface area contributed by atoms with Crippen molar-refractivity contribution in [1.82, 2.24) is 0 Å². The molecule has 3 rings (SSSR count). The first-order chi connectivity index (χ1) is 8.76. The van der Waals surface area contributed by atoms with Crippen LogP contribution in [0.5, 0.6) is 0 Å². The van der Waals surface area contributed by atoms with Gasteiger partial charge in [-0.2, -0.15) is 0 Å². The largest absolute Gasteiger partial charge is 0.382 e. The Hall–Kier alpha value is -0.540. The third-order valence-electron chi connectivity index (χ3n) is 4.20. The highest BCUT2D eigenvalue weighted by Gasteiger charge is 2.39. The van der Waals surface area contributed by atoms with Gasteiger partial charge in [-0.3, -0.25) is 0 Å². The Morgan fingerprint density at radius 3 is 2.89 bits per heavy atom. The third kappa shape index (κ3) is 2.72. The van der Waals surface area contributed by atoms with Gasteiger partial charge in [0.05, 0.1) is 5.60 Å². The molecule has 0 radical (unpaired) electrons. The lowest BCUT2D eigenvalue weighted by Gasteiger charge is -2.39. The van der Waals surface area contributed by atoms with Crippen molar-refractivity contribution < 1.29 is 4.74 Å². The second kappa shape index (κ2) is 5.22. The summed E-state index contributed by atoms with van der Waals surface area (Å²) in [4.78, 5) is 0. The van der Waals surface area contributed by atoms with Crippen molar-refractivity contribution in [1.29, 1.82) is 0 Å². The standard InChI is InChI=1S/C15H20BrNO/c16-12-4-3-5-13(10-12)17-14-6-9-18-15(11-14)7-1-2-8-15/h3-5,10,14,17H,1-2,6-9,11H2. The average molecular weight is 310 g/mol. The number of hydrogen-bond donors (Lipinski definition) is 1. The molecule has 1 unspecified atom stereocenters. The quantitative estimate of drug-likeness (QED) is 0.876. The molecule has 98 valence electrons. The van der Waals surface area contributed by atoms with Crippen LogP contribution in [0.4, 0.5) is 5.69 Å². The number of nitrogens with one attached hydrogen (secondary N) is 1. The van der Waals surface area contributed by atoms with Crippen molar-refractivity contribution in [3.05, 3.63) is 28.7 Å². The first kappa shape index (κ1) is 12.5. The smallest absolute Gasteiger partial charge is 0.0702 e. The molecule has 1 heterocycles. The van der Waals surface area contributed by atoms with Gasteiger partial charge in [-0.25, -0.2) is 0 Å². The predicted octanol–water partition coefficient (Wildman–Crippen LogP) is 4.35. The van der Waals surface area contributed by atoms with E-state index in [1.807, 2.05) is 0 Å². The fourth-order valence-corrected chi connectivity index (χ4v) is 3.73. The van der Waals surface area contributed by atoms with Crippen molar-refractivity contribution in [2.24, 2.45) is 0 Å². The van der Waals surface area contributed by atoms with E-state index in [4.69, 9.17) is 4.74 Å². The van der Waals surface area contributed by atoms with Crippen molar-refractivity contribution in [3.63, 3.8) is 0 Å². The zero-order chi connectivity index (χ0) is 12.4. The van der Waals surface area contributed by atoms with Crippen molar-refractivity contribution in [3.8, 4) is 0 Å². The van der Waals surface area contributed by atoms with Crippen molar-refractivity contribution in [2.45, 2.75) is 50.2 Å². The normalized spacial score (nSPS) is 26.4. The van der Waals surface area contributed by atoms with E-state index >= 15 is 0 Å². The molecule has 1 aliphatic carbocycles. The summed E-state index contributed by atoms with van der Waals surface area (Å²) in [6, 6.07) is 8.99. The highest BCUT2D eigenvalue weighted by atomic mass is 79.9. The molecule has 1 saturated heterocycles. The van der Waals surface area contributed by atoms with E-state index in [9.17, 15) is 0 Å². The Morgan fingerprint density at radius 1 is 1.28 bits per heavy atom. The molecular weight excluding hydrogens is 290 g/mol. The predicted molar refractivity (Wildman–Crippen MR) is 77.9 cm³/mol. The number of ether oxygens (including phenoxy) is 1. The summed E-state index contributed by atoms with van der Waals surface area (Å²) in [7, 11) is 0. The van der Waals surface area contributed by atoms with E-state index in [1.54, 1.807) is 0 Å². The van der Waals surface area contributed by atoms with E-state index in [0.29, 0.717) is 6.04 Å². The van der Waals surface area contributed by atoms with Crippen LogP contribution in [0.3, 0.4) is 0 Å². The molecule has 2 aliphatic rings. The van der Waals surface area contributed by atoms with Gasteiger partial charge < -0.3 is 10.1 Å². The van der Waals surface area contributed by atoms with Crippen molar-refractivity contribution in [2.75, 3.05) is 11.9 Å². The first-order valence-electron chi connectivity index (χ1n) is 6.92. The van der Waals surface area contributed by atoms with Gasteiger partial charge in [0.1, 0.15) is 0 Å². The topological polar surface area (TPSA) is 21.3 Å². The molecule has 1 aliphatic heterocycles. The van der Waals surface area contributed by atoms with Gasteiger partial charge in [0.25, 0.3) is 0 Å².